The number of aromatic nitrogens is 1. The van der Waals surface area contributed by atoms with Crippen molar-refractivity contribution in [2.75, 3.05) is 20.7 Å². The molecule has 0 bridgehead atoms. The topological polar surface area (TPSA) is 63.7 Å². The number of carbonyl (C=O) groups excluding carboxylic acids is 1. The molecule has 2 heterocycles. The lowest BCUT2D eigenvalue weighted by atomic mass is 9.87. The number of hydrogen-bond donors (Lipinski definition) is 1. The first kappa shape index (κ1) is 21.6. The van der Waals surface area contributed by atoms with E-state index in [1.54, 1.807) is 7.05 Å². The Morgan fingerprint density at radius 3 is 2.41 bits per heavy atom. The number of rotatable bonds is 6. The zero-order valence-corrected chi connectivity index (χ0v) is 16.4. The van der Waals surface area contributed by atoms with Gasteiger partial charge in [0.25, 0.3) is 5.88 Å². The first-order valence-corrected chi connectivity index (χ1v) is 9.64. The Bertz CT molecular complexity index is 732. The van der Waals surface area contributed by atoms with Crippen molar-refractivity contribution in [3.05, 3.63) is 17.4 Å². The number of amides is 1. The van der Waals surface area contributed by atoms with Gasteiger partial charge in [0.2, 0.25) is 11.8 Å². The molecule has 0 radical (unpaired) electrons. The van der Waals surface area contributed by atoms with Gasteiger partial charge < -0.3 is 19.7 Å². The summed E-state index contributed by atoms with van der Waals surface area (Å²) in [5.74, 6) is -2.35. The Labute approximate surface area is 166 Å². The van der Waals surface area contributed by atoms with Gasteiger partial charge in [-0.15, -0.1) is 0 Å². The predicted molar refractivity (Wildman–Crippen MR) is 96.1 cm³/mol. The molecule has 0 spiro atoms. The summed E-state index contributed by atoms with van der Waals surface area (Å²) in [6.07, 6.45) is -3.71. The summed E-state index contributed by atoms with van der Waals surface area (Å²) in [6, 6.07) is 0.971. The van der Waals surface area contributed by atoms with Gasteiger partial charge in [0, 0.05) is 12.6 Å². The SMILES string of the molecule is COc1nc(OC2CCC(C(F)(F)F)CC2)c(F)cc1CN(C)C(=O)[C@@H]1CCN1. The van der Waals surface area contributed by atoms with Crippen molar-refractivity contribution >= 4 is 5.91 Å². The third-order valence-corrected chi connectivity index (χ3v) is 5.50. The fourth-order valence-corrected chi connectivity index (χ4v) is 3.63. The van der Waals surface area contributed by atoms with E-state index in [0.29, 0.717) is 5.56 Å². The second-order valence-corrected chi connectivity index (χ2v) is 7.57. The number of hydrogen-bond acceptors (Lipinski definition) is 5. The number of carbonyl (C=O) groups is 1. The molecule has 1 atom stereocenters. The van der Waals surface area contributed by atoms with Crippen molar-refractivity contribution in [3.8, 4) is 11.8 Å². The summed E-state index contributed by atoms with van der Waals surface area (Å²) in [5, 5.41) is 3.02. The Balaban J connectivity index is 1.64. The Hall–Kier alpha value is -2.10. The van der Waals surface area contributed by atoms with E-state index in [1.165, 1.54) is 18.1 Å². The van der Waals surface area contributed by atoms with Crippen LogP contribution >= 0.6 is 0 Å². The molecular weight excluding hydrogens is 394 g/mol. The van der Waals surface area contributed by atoms with Crippen LogP contribution in [0.1, 0.15) is 37.7 Å². The number of ether oxygens (including phenoxy) is 2. The van der Waals surface area contributed by atoms with E-state index in [0.717, 1.165) is 13.0 Å². The van der Waals surface area contributed by atoms with Gasteiger partial charge in [0.05, 0.1) is 25.6 Å². The molecule has 1 saturated heterocycles. The van der Waals surface area contributed by atoms with Gasteiger partial charge >= 0.3 is 6.18 Å². The molecule has 1 aliphatic carbocycles. The van der Waals surface area contributed by atoms with E-state index in [4.69, 9.17) is 9.47 Å². The van der Waals surface area contributed by atoms with Crippen LogP contribution in [0.2, 0.25) is 0 Å². The fraction of sp³-hybridized carbons (Fsp3) is 0.684. The van der Waals surface area contributed by atoms with E-state index in [9.17, 15) is 22.4 Å². The molecule has 6 nitrogen and oxygen atoms in total. The number of alkyl halides is 3. The summed E-state index contributed by atoms with van der Waals surface area (Å²) in [4.78, 5) is 17.8. The lowest BCUT2D eigenvalue weighted by Gasteiger charge is -2.31. The summed E-state index contributed by atoms with van der Waals surface area (Å²) in [6.45, 7) is 0.905. The normalized spacial score (nSPS) is 24.6. The van der Waals surface area contributed by atoms with Crippen LogP contribution in [-0.2, 0) is 11.3 Å². The molecule has 0 unspecified atom stereocenters. The number of likely N-dealkylation sites (N-methyl/N-ethyl adjacent to an activating group) is 1. The zero-order chi connectivity index (χ0) is 21.2. The smallest absolute Gasteiger partial charge is 0.391 e. The van der Waals surface area contributed by atoms with Crippen molar-refractivity contribution in [1.29, 1.82) is 0 Å². The molecule has 1 aromatic rings. The Morgan fingerprint density at radius 1 is 1.24 bits per heavy atom. The van der Waals surface area contributed by atoms with Crippen LogP contribution in [0, 0.1) is 11.7 Å². The van der Waals surface area contributed by atoms with Crippen LogP contribution in [0.4, 0.5) is 17.6 Å². The molecule has 1 amide bonds. The second-order valence-electron chi connectivity index (χ2n) is 7.57. The molecular formula is C19H25F4N3O3. The maximum Gasteiger partial charge on any atom is 0.391 e. The molecule has 1 saturated carbocycles. The predicted octanol–water partition coefficient (Wildman–Crippen LogP) is 3.05. The van der Waals surface area contributed by atoms with Crippen molar-refractivity contribution < 1.29 is 31.8 Å². The van der Waals surface area contributed by atoms with Gasteiger partial charge in [-0.2, -0.15) is 18.2 Å². The van der Waals surface area contributed by atoms with Crippen LogP contribution in [-0.4, -0.2) is 54.8 Å². The summed E-state index contributed by atoms with van der Waals surface area (Å²) in [5.41, 5.74) is 0.383. The number of nitrogens with one attached hydrogen (secondary N) is 1. The minimum Gasteiger partial charge on any atom is -0.481 e. The van der Waals surface area contributed by atoms with Crippen LogP contribution in [0.5, 0.6) is 11.8 Å². The third-order valence-electron chi connectivity index (χ3n) is 5.50. The molecule has 0 aromatic carbocycles. The number of halogens is 4. The van der Waals surface area contributed by atoms with E-state index in [-0.39, 0.29) is 55.9 Å². The minimum atomic E-state index is -4.21. The lowest BCUT2D eigenvalue weighted by molar-refractivity contribution is -0.185. The zero-order valence-electron chi connectivity index (χ0n) is 16.4. The average Bonchev–Trinajstić information content (AvgIpc) is 2.62. The third kappa shape index (κ3) is 5.09. The molecule has 162 valence electrons. The molecule has 1 aromatic heterocycles. The Kier molecular flexibility index (Phi) is 6.50. The molecule has 3 rings (SSSR count). The van der Waals surface area contributed by atoms with Crippen molar-refractivity contribution in [2.45, 2.75) is 57.0 Å². The largest absolute Gasteiger partial charge is 0.481 e. The van der Waals surface area contributed by atoms with Crippen molar-refractivity contribution in [3.63, 3.8) is 0 Å². The van der Waals surface area contributed by atoms with Crippen LogP contribution in [0.15, 0.2) is 6.07 Å². The first-order chi connectivity index (χ1) is 13.7. The molecule has 1 N–H and O–H groups in total. The number of nitrogens with zero attached hydrogens (tertiary/aromatic N) is 2. The highest BCUT2D eigenvalue weighted by atomic mass is 19.4. The van der Waals surface area contributed by atoms with Crippen LogP contribution in [0.25, 0.3) is 0 Å². The van der Waals surface area contributed by atoms with Crippen molar-refractivity contribution in [2.24, 2.45) is 5.92 Å². The molecule has 2 fully saturated rings. The van der Waals surface area contributed by atoms with Crippen LogP contribution in [0.3, 0.4) is 0 Å². The lowest BCUT2D eigenvalue weighted by Crippen LogP contribution is -2.53. The summed E-state index contributed by atoms with van der Waals surface area (Å²) < 4.78 is 63.6. The fourth-order valence-electron chi connectivity index (χ4n) is 3.63. The van der Waals surface area contributed by atoms with Gasteiger partial charge in [-0.05, 0) is 44.7 Å². The van der Waals surface area contributed by atoms with Gasteiger partial charge in [-0.25, -0.2) is 4.39 Å². The molecule has 10 heteroatoms. The first-order valence-electron chi connectivity index (χ1n) is 9.64. The van der Waals surface area contributed by atoms with E-state index >= 15 is 0 Å². The van der Waals surface area contributed by atoms with Gasteiger partial charge in [-0.1, -0.05) is 0 Å². The molecule has 29 heavy (non-hydrogen) atoms. The highest BCUT2D eigenvalue weighted by Crippen LogP contribution is 2.38. The second kappa shape index (κ2) is 8.73. The van der Waals surface area contributed by atoms with Crippen LogP contribution < -0.4 is 14.8 Å². The quantitative estimate of drug-likeness (QED) is 0.719. The number of pyridine rings is 1. The maximum absolute atomic E-state index is 14.5. The monoisotopic (exact) mass is 419 g/mol. The highest BCUT2D eigenvalue weighted by molar-refractivity contribution is 5.82. The van der Waals surface area contributed by atoms with Gasteiger partial charge in [0.15, 0.2) is 5.82 Å². The highest BCUT2D eigenvalue weighted by Gasteiger charge is 2.42. The average molecular weight is 419 g/mol. The van der Waals surface area contributed by atoms with E-state index in [2.05, 4.69) is 10.3 Å². The van der Waals surface area contributed by atoms with Gasteiger partial charge in [-0.3, -0.25) is 4.79 Å². The van der Waals surface area contributed by atoms with E-state index in [1.807, 2.05) is 0 Å². The molecule has 1 aliphatic heterocycles. The minimum absolute atomic E-state index is 0.0485. The van der Waals surface area contributed by atoms with E-state index < -0.39 is 24.0 Å². The standard InChI is InChI=1S/C19H25F4N3O3/c1-26(18(27)15-7-8-24-15)10-11-9-14(20)17(25-16(11)28-2)29-13-5-3-12(4-6-13)19(21,22)23/h9,12-13,15,24H,3-8,10H2,1-2H3/t12?,13?,15-/m0/s1. The summed E-state index contributed by atoms with van der Waals surface area (Å²) in [7, 11) is 2.99. The molecule has 2 aliphatic rings. The number of methoxy groups -OCH3 is 1. The maximum atomic E-state index is 14.5. The Morgan fingerprint density at radius 2 is 1.90 bits per heavy atom. The van der Waals surface area contributed by atoms with Crippen molar-refractivity contribution in [1.82, 2.24) is 15.2 Å². The summed E-state index contributed by atoms with van der Waals surface area (Å²) >= 11 is 0. The van der Waals surface area contributed by atoms with Gasteiger partial charge in [0.1, 0.15) is 6.10 Å².